The maximum Gasteiger partial charge on any atom is 0.347 e. The van der Waals surface area contributed by atoms with Crippen LogP contribution in [0.1, 0.15) is 0 Å². The van der Waals surface area contributed by atoms with Crippen molar-refractivity contribution >= 4 is 43.7 Å². The summed E-state index contributed by atoms with van der Waals surface area (Å²) in [5.41, 5.74) is -0.375. The number of non-ortho nitro benzene ring substituents is 1. The molecule has 0 aliphatic heterocycles. The van der Waals surface area contributed by atoms with Gasteiger partial charge in [0.2, 0.25) is 0 Å². The molecule has 0 aliphatic carbocycles. The molecule has 0 N–H and O–H groups in total. The monoisotopic (exact) mass is 371 g/mol. The van der Waals surface area contributed by atoms with Crippen LogP contribution in [-0.2, 0) is 0 Å². The van der Waals surface area contributed by atoms with Crippen molar-refractivity contribution < 1.29 is 14.4 Å². The van der Waals surface area contributed by atoms with Gasteiger partial charge in [0.05, 0.1) is 9.85 Å². The molecule has 0 unspecified atom stereocenters. The average Bonchev–Trinajstić information content (AvgIpc) is 2.71. The third-order valence-electron chi connectivity index (χ3n) is 4.92. The van der Waals surface area contributed by atoms with Crippen LogP contribution >= 0.6 is 0 Å². The largest absolute Gasteiger partial charge is 0.347 e. The molecular weight excluding hydrogens is 360 g/mol. The Morgan fingerprint density at radius 3 is 1.89 bits per heavy atom. The second-order valence-electron chi connectivity index (χ2n) is 6.50. The molecule has 0 atom stereocenters. The van der Waals surface area contributed by atoms with E-state index < -0.39 is 9.85 Å². The maximum atomic E-state index is 11.5. The van der Waals surface area contributed by atoms with Gasteiger partial charge in [-0.1, -0.05) is 12.1 Å². The van der Waals surface area contributed by atoms with Gasteiger partial charge in [-0.25, -0.2) is 0 Å². The van der Waals surface area contributed by atoms with E-state index in [2.05, 4.69) is 4.98 Å². The van der Waals surface area contributed by atoms with Gasteiger partial charge in [0.25, 0.3) is 11.4 Å². The molecule has 8 heteroatoms. The molecule has 0 saturated carbocycles. The first-order valence-corrected chi connectivity index (χ1v) is 8.40. The van der Waals surface area contributed by atoms with Gasteiger partial charge in [-0.15, -0.1) is 0 Å². The predicted octanol–water partition coefficient (Wildman–Crippen LogP) is 4.07. The van der Waals surface area contributed by atoms with Gasteiger partial charge in [0.15, 0.2) is 12.4 Å². The normalized spacial score (nSPS) is 11.4. The minimum absolute atomic E-state index is 0.266. The van der Waals surface area contributed by atoms with Crippen LogP contribution in [0.5, 0.6) is 0 Å². The number of hydrogen-bond acceptors (Lipinski definition) is 5. The van der Waals surface area contributed by atoms with E-state index in [1.165, 1.54) is 12.1 Å². The molecule has 2 heterocycles. The smallest absolute Gasteiger partial charge is 0.263 e. The summed E-state index contributed by atoms with van der Waals surface area (Å²) in [7, 11) is 0. The summed E-state index contributed by atoms with van der Waals surface area (Å²) in [5, 5.41) is 28.5. The van der Waals surface area contributed by atoms with Gasteiger partial charge < -0.3 is 0 Å². The summed E-state index contributed by atoms with van der Waals surface area (Å²) in [6, 6.07) is 11.5. The van der Waals surface area contributed by atoms with Crippen LogP contribution < -0.4 is 4.57 Å². The molecule has 0 bridgehead atoms. The van der Waals surface area contributed by atoms with Crippen LogP contribution in [0.3, 0.4) is 0 Å². The topological polar surface area (TPSA) is 103 Å². The Morgan fingerprint density at radius 1 is 0.750 bits per heavy atom. The van der Waals surface area contributed by atoms with Crippen LogP contribution in [0.15, 0.2) is 67.3 Å². The van der Waals surface area contributed by atoms with Crippen LogP contribution in [0.2, 0.25) is 0 Å². The standard InChI is InChI=1S/C20H11N4O4/c25-23(26)16-5-6-17(18(7-16)24(27)28)22-10-14-3-1-12-8-21-9-13-2-4-15(11-22)20(14)19(12)13/h1-11H/q+1. The second-order valence-corrected chi connectivity index (χ2v) is 6.50. The van der Waals surface area contributed by atoms with E-state index in [1.807, 2.05) is 36.7 Å². The quantitative estimate of drug-likeness (QED) is 0.206. The number of nitro benzene ring substituents is 2. The highest BCUT2D eigenvalue weighted by molar-refractivity contribution is 6.22. The van der Waals surface area contributed by atoms with E-state index in [1.54, 1.807) is 17.0 Å². The SMILES string of the molecule is O=[N+]([O-])c1ccc(-[n+]2cc3ccc4cncc5ccc(c2)c3c45)c([N+](=O)[O-])c1. The summed E-state index contributed by atoms with van der Waals surface area (Å²) >= 11 is 0. The molecule has 5 rings (SSSR count). The van der Waals surface area contributed by atoms with Crippen molar-refractivity contribution in [1.29, 1.82) is 0 Å². The van der Waals surface area contributed by atoms with E-state index in [0.717, 1.165) is 38.4 Å². The lowest BCUT2D eigenvalue weighted by Crippen LogP contribution is -2.30. The Balaban J connectivity index is 1.83. The number of nitro groups is 2. The fourth-order valence-electron chi connectivity index (χ4n) is 3.70. The fraction of sp³-hybridized carbons (Fsp3) is 0. The van der Waals surface area contributed by atoms with Crippen molar-refractivity contribution in [3.8, 4) is 5.69 Å². The van der Waals surface area contributed by atoms with Gasteiger partial charge in [-0.3, -0.25) is 25.2 Å². The number of benzene rings is 3. The average molecular weight is 371 g/mol. The molecule has 0 spiro atoms. The predicted molar refractivity (Wildman–Crippen MR) is 103 cm³/mol. The van der Waals surface area contributed by atoms with Crippen LogP contribution in [0.4, 0.5) is 11.4 Å². The Labute approximate surface area is 156 Å². The lowest BCUT2D eigenvalue weighted by Gasteiger charge is -2.09. The molecule has 0 aliphatic rings. The molecule has 134 valence electrons. The first-order valence-electron chi connectivity index (χ1n) is 8.40. The van der Waals surface area contributed by atoms with Crippen molar-refractivity contribution in [2.24, 2.45) is 0 Å². The Kier molecular flexibility index (Phi) is 3.23. The van der Waals surface area contributed by atoms with Crippen molar-refractivity contribution in [2.45, 2.75) is 0 Å². The number of hydrogen-bond donors (Lipinski definition) is 0. The summed E-state index contributed by atoms with van der Waals surface area (Å²) in [5.74, 6) is 0. The zero-order valence-electron chi connectivity index (χ0n) is 14.3. The lowest BCUT2D eigenvalue weighted by atomic mass is 9.97. The summed E-state index contributed by atoms with van der Waals surface area (Å²) in [6.07, 6.45) is 7.22. The first kappa shape index (κ1) is 16.0. The van der Waals surface area contributed by atoms with E-state index in [4.69, 9.17) is 0 Å². The van der Waals surface area contributed by atoms with Crippen LogP contribution in [0.25, 0.3) is 38.0 Å². The summed E-state index contributed by atoms with van der Waals surface area (Å²) in [6.45, 7) is 0. The highest BCUT2D eigenvalue weighted by Gasteiger charge is 2.27. The fourth-order valence-corrected chi connectivity index (χ4v) is 3.70. The van der Waals surface area contributed by atoms with E-state index in [0.29, 0.717) is 0 Å². The van der Waals surface area contributed by atoms with Crippen LogP contribution in [-0.4, -0.2) is 14.8 Å². The lowest BCUT2D eigenvalue weighted by molar-refractivity contribution is -0.598. The van der Waals surface area contributed by atoms with Crippen molar-refractivity contribution in [2.75, 3.05) is 0 Å². The van der Waals surface area contributed by atoms with E-state index >= 15 is 0 Å². The van der Waals surface area contributed by atoms with Gasteiger partial charge in [0.1, 0.15) is 6.07 Å². The van der Waals surface area contributed by atoms with Crippen molar-refractivity contribution in [3.63, 3.8) is 0 Å². The van der Waals surface area contributed by atoms with Crippen molar-refractivity contribution in [1.82, 2.24) is 4.98 Å². The first-order chi connectivity index (χ1) is 13.5. The molecule has 2 aromatic heterocycles. The zero-order valence-corrected chi connectivity index (χ0v) is 14.3. The molecule has 28 heavy (non-hydrogen) atoms. The van der Waals surface area contributed by atoms with Gasteiger partial charge >= 0.3 is 5.69 Å². The maximum absolute atomic E-state index is 11.5. The molecule has 3 aromatic carbocycles. The van der Waals surface area contributed by atoms with Crippen molar-refractivity contribution in [3.05, 3.63) is 87.5 Å². The second kappa shape index (κ2) is 5.65. The number of aromatic nitrogens is 2. The minimum Gasteiger partial charge on any atom is -0.263 e. The molecular formula is C20H11N4O4+. The Bertz CT molecular complexity index is 1370. The summed E-state index contributed by atoms with van der Waals surface area (Å²) in [4.78, 5) is 25.5. The molecule has 0 radical (unpaired) electrons. The van der Waals surface area contributed by atoms with Crippen LogP contribution in [0, 0.1) is 20.2 Å². The summed E-state index contributed by atoms with van der Waals surface area (Å²) < 4.78 is 1.64. The molecule has 8 nitrogen and oxygen atoms in total. The minimum atomic E-state index is -0.643. The van der Waals surface area contributed by atoms with E-state index in [9.17, 15) is 20.2 Å². The number of nitrogens with zero attached hydrogens (tertiary/aromatic N) is 4. The number of pyridine rings is 2. The van der Waals surface area contributed by atoms with Gasteiger partial charge in [-0.05, 0) is 12.1 Å². The third-order valence-corrected chi connectivity index (χ3v) is 4.92. The molecule has 0 saturated heterocycles. The number of rotatable bonds is 3. The van der Waals surface area contributed by atoms with Gasteiger partial charge in [-0.2, -0.15) is 4.57 Å². The highest BCUT2D eigenvalue weighted by atomic mass is 16.6. The molecule has 0 fully saturated rings. The molecule has 5 aromatic rings. The molecule has 0 amide bonds. The third kappa shape index (κ3) is 2.25. The highest BCUT2D eigenvalue weighted by Crippen LogP contribution is 2.33. The van der Waals surface area contributed by atoms with Gasteiger partial charge in [0, 0.05) is 56.8 Å². The Hall–Kier alpha value is -4.20. The van der Waals surface area contributed by atoms with E-state index in [-0.39, 0.29) is 17.1 Å². The Morgan fingerprint density at radius 2 is 1.32 bits per heavy atom. The zero-order chi connectivity index (χ0) is 19.4.